The first-order valence-electron chi connectivity index (χ1n) is 23.9. The van der Waals surface area contributed by atoms with Crippen LogP contribution in [0.4, 0.5) is 34.1 Å². The SMILES string of the molecule is CC(C)c1cc(-c2ccccc2)c(N(c2cccc(Cl)c2)c2cc(N(c3ccccc3)c3c(-c4ccccc4)cc(C(C)(C)C)cc3-c3ccccc3)cc(C(C)(C)C)c2)c(-c2ccccc2)c1. The highest BCUT2D eigenvalue weighted by Gasteiger charge is 2.30. The van der Waals surface area contributed by atoms with Gasteiger partial charge in [0.25, 0.3) is 0 Å². The molecule has 0 spiro atoms. The molecule has 0 bridgehead atoms. The van der Waals surface area contributed by atoms with E-state index < -0.39 is 0 Å². The van der Waals surface area contributed by atoms with Gasteiger partial charge in [-0.2, -0.15) is 0 Å². The summed E-state index contributed by atoms with van der Waals surface area (Å²) in [4.78, 5) is 4.96. The molecule has 0 aliphatic rings. The Balaban J connectivity index is 1.44. The smallest absolute Gasteiger partial charge is 0.0618 e. The van der Waals surface area contributed by atoms with Crippen molar-refractivity contribution in [3.05, 3.63) is 240 Å². The minimum atomic E-state index is -0.236. The van der Waals surface area contributed by atoms with Gasteiger partial charge in [-0.15, -0.1) is 0 Å². The number of nitrogens with zero attached hydrogens (tertiary/aromatic N) is 2. The van der Waals surface area contributed by atoms with Crippen molar-refractivity contribution in [2.45, 2.75) is 72.1 Å². The van der Waals surface area contributed by atoms with E-state index in [0.717, 1.165) is 78.6 Å². The van der Waals surface area contributed by atoms with Gasteiger partial charge < -0.3 is 9.80 Å². The van der Waals surface area contributed by atoms with Crippen LogP contribution in [0.1, 0.15) is 78.0 Å². The maximum atomic E-state index is 7.05. The van der Waals surface area contributed by atoms with Crippen molar-refractivity contribution in [2.24, 2.45) is 0 Å². The van der Waals surface area contributed by atoms with Gasteiger partial charge >= 0.3 is 0 Å². The van der Waals surface area contributed by atoms with Crippen molar-refractivity contribution in [3.8, 4) is 44.5 Å². The van der Waals surface area contributed by atoms with Gasteiger partial charge in [0.2, 0.25) is 0 Å². The zero-order valence-electron chi connectivity index (χ0n) is 40.6. The fourth-order valence-corrected chi connectivity index (χ4v) is 9.37. The van der Waals surface area contributed by atoms with Gasteiger partial charge in [-0.25, -0.2) is 0 Å². The molecule has 2 nitrogen and oxygen atoms in total. The average molecular weight is 906 g/mol. The first-order valence-corrected chi connectivity index (χ1v) is 24.3. The van der Waals surface area contributed by atoms with Crippen LogP contribution >= 0.6 is 11.6 Å². The Morgan fingerprint density at radius 3 is 1.04 bits per heavy atom. The summed E-state index contributed by atoms with van der Waals surface area (Å²) in [5.74, 6) is 0.297. The van der Waals surface area contributed by atoms with Crippen LogP contribution in [0.2, 0.25) is 5.02 Å². The molecule has 0 fully saturated rings. The van der Waals surface area contributed by atoms with Crippen molar-refractivity contribution in [2.75, 3.05) is 9.80 Å². The standard InChI is InChI=1S/C65H61ClN2/c1-45(2)50-37-58(46-25-14-9-15-26-46)62(59(38-50)47-27-16-10-17-28-47)68(55-36-24-33-53(66)43-55)57-40-51(64(3,4)5)39-56(44-57)67(54-34-22-13-23-35-54)63-60(48-29-18-11-19-30-48)41-52(65(6,7)8)42-61(63)49-31-20-12-21-32-49/h9-45H,1-8H3. The third-order valence-electron chi connectivity index (χ3n) is 12.9. The number of rotatable bonds is 11. The molecular formula is C65H61ClN2. The second kappa shape index (κ2) is 19.2. The summed E-state index contributed by atoms with van der Waals surface area (Å²) in [5.41, 5.74) is 18.9. The summed E-state index contributed by atoms with van der Waals surface area (Å²) in [6, 6.07) is 79.6. The Bertz CT molecular complexity index is 3030. The average Bonchev–Trinajstić information content (AvgIpc) is 3.35. The lowest BCUT2D eigenvalue weighted by molar-refractivity contribution is 0.590. The molecule has 68 heavy (non-hydrogen) atoms. The lowest BCUT2D eigenvalue weighted by atomic mass is 9.81. The minimum absolute atomic E-state index is 0.113. The van der Waals surface area contributed by atoms with E-state index in [9.17, 15) is 0 Å². The van der Waals surface area contributed by atoms with Crippen LogP contribution in [0.5, 0.6) is 0 Å². The predicted molar refractivity (Wildman–Crippen MR) is 294 cm³/mol. The van der Waals surface area contributed by atoms with Gasteiger partial charge in [-0.1, -0.05) is 213 Å². The number of benzene rings is 9. The van der Waals surface area contributed by atoms with Gasteiger partial charge in [-0.05, 0) is 128 Å². The van der Waals surface area contributed by atoms with Crippen molar-refractivity contribution in [1.29, 1.82) is 0 Å². The molecule has 0 aliphatic heterocycles. The molecule has 0 N–H and O–H groups in total. The number of halogens is 1. The molecule has 0 atom stereocenters. The Kier molecular flexibility index (Phi) is 13.0. The number of hydrogen-bond acceptors (Lipinski definition) is 2. The lowest BCUT2D eigenvalue weighted by Gasteiger charge is -2.36. The third-order valence-corrected chi connectivity index (χ3v) is 13.2. The van der Waals surface area contributed by atoms with Crippen LogP contribution in [-0.2, 0) is 10.8 Å². The summed E-state index contributed by atoms with van der Waals surface area (Å²) in [5, 5.41) is 0.672. The summed E-state index contributed by atoms with van der Waals surface area (Å²) >= 11 is 7.05. The summed E-state index contributed by atoms with van der Waals surface area (Å²) in [7, 11) is 0. The fraction of sp³-hybridized carbons (Fsp3) is 0.169. The minimum Gasteiger partial charge on any atom is -0.309 e. The van der Waals surface area contributed by atoms with E-state index in [4.69, 9.17) is 11.6 Å². The largest absolute Gasteiger partial charge is 0.309 e. The second-order valence-corrected chi connectivity index (χ2v) is 20.7. The molecule has 0 saturated heterocycles. The molecule has 0 amide bonds. The molecule has 338 valence electrons. The Morgan fingerprint density at radius 2 is 0.676 bits per heavy atom. The molecule has 3 heteroatoms. The van der Waals surface area contributed by atoms with Gasteiger partial charge in [0.15, 0.2) is 0 Å². The van der Waals surface area contributed by atoms with Gasteiger partial charge in [0.1, 0.15) is 0 Å². The fourth-order valence-electron chi connectivity index (χ4n) is 9.18. The summed E-state index contributed by atoms with van der Waals surface area (Å²) < 4.78 is 0. The topological polar surface area (TPSA) is 6.48 Å². The Hall–Kier alpha value is -7.13. The van der Waals surface area contributed by atoms with Crippen molar-refractivity contribution >= 4 is 45.7 Å². The number of para-hydroxylation sites is 1. The molecule has 0 aromatic heterocycles. The van der Waals surface area contributed by atoms with Crippen LogP contribution in [0, 0.1) is 0 Å². The van der Waals surface area contributed by atoms with Crippen LogP contribution in [0.15, 0.2) is 218 Å². The normalized spacial score (nSPS) is 11.7. The van der Waals surface area contributed by atoms with Crippen LogP contribution in [0.25, 0.3) is 44.5 Å². The van der Waals surface area contributed by atoms with Gasteiger partial charge in [0, 0.05) is 50.0 Å². The van der Waals surface area contributed by atoms with Crippen LogP contribution in [0.3, 0.4) is 0 Å². The highest BCUT2D eigenvalue weighted by Crippen LogP contribution is 2.53. The maximum absolute atomic E-state index is 7.05. The van der Waals surface area contributed by atoms with Crippen molar-refractivity contribution < 1.29 is 0 Å². The van der Waals surface area contributed by atoms with Crippen LogP contribution in [-0.4, -0.2) is 0 Å². The molecule has 0 heterocycles. The third kappa shape index (κ3) is 9.66. The monoisotopic (exact) mass is 904 g/mol. The quantitative estimate of drug-likeness (QED) is 0.128. The number of anilines is 6. The van der Waals surface area contributed by atoms with E-state index in [1.807, 2.05) is 6.07 Å². The zero-order chi connectivity index (χ0) is 47.6. The van der Waals surface area contributed by atoms with Gasteiger partial charge in [-0.3, -0.25) is 0 Å². The highest BCUT2D eigenvalue weighted by atomic mass is 35.5. The van der Waals surface area contributed by atoms with Crippen molar-refractivity contribution in [3.63, 3.8) is 0 Å². The van der Waals surface area contributed by atoms with E-state index in [1.54, 1.807) is 0 Å². The second-order valence-electron chi connectivity index (χ2n) is 20.2. The zero-order valence-corrected chi connectivity index (χ0v) is 41.4. The Labute approximate surface area is 410 Å². The van der Waals surface area contributed by atoms with E-state index in [0.29, 0.717) is 10.9 Å². The molecule has 0 aliphatic carbocycles. The van der Waals surface area contributed by atoms with E-state index in [-0.39, 0.29) is 10.8 Å². The molecule has 9 aromatic rings. The van der Waals surface area contributed by atoms with Crippen molar-refractivity contribution in [1.82, 2.24) is 0 Å². The predicted octanol–water partition coefficient (Wildman–Crippen LogP) is 19.7. The van der Waals surface area contributed by atoms with E-state index in [1.165, 1.54) is 16.7 Å². The van der Waals surface area contributed by atoms with Gasteiger partial charge in [0.05, 0.1) is 11.4 Å². The maximum Gasteiger partial charge on any atom is 0.0618 e. The van der Waals surface area contributed by atoms with E-state index in [2.05, 4.69) is 278 Å². The summed E-state index contributed by atoms with van der Waals surface area (Å²) in [6.45, 7) is 18.5. The van der Waals surface area contributed by atoms with Crippen LogP contribution < -0.4 is 9.80 Å². The highest BCUT2D eigenvalue weighted by molar-refractivity contribution is 6.31. The van der Waals surface area contributed by atoms with E-state index >= 15 is 0 Å². The molecule has 0 saturated carbocycles. The first-order chi connectivity index (χ1) is 32.7. The molecule has 0 unspecified atom stereocenters. The first kappa shape index (κ1) is 46.0. The Morgan fingerprint density at radius 1 is 0.338 bits per heavy atom. The molecule has 0 radical (unpaired) electrons. The molecular weight excluding hydrogens is 844 g/mol. The summed E-state index contributed by atoms with van der Waals surface area (Å²) in [6.07, 6.45) is 0. The molecule has 9 aromatic carbocycles. The molecule has 9 rings (SSSR count). The lowest BCUT2D eigenvalue weighted by Crippen LogP contribution is -2.20. The number of hydrogen-bond donors (Lipinski definition) is 0.